The van der Waals surface area contributed by atoms with Gasteiger partial charge in [-0.05, 0) is 38.0 Å². The Bertz CT molecular complexity index is 866. The van der Waals surface area contributed by atoms with E-state index in [0.29, 0.717) is 21.8 Å². The van der Waals surface area contributed by atoms with Gasteiger partial charge in [0.05, 0.1) is 11.5 Å². The second-order valence-electron chi connectivity index (χ2n) is 6.64. The van der Waals surface area contributed by atoms with Crippen LogP contribution in [-0.2, 0) is 11.3 Å². The lowest BCUT2D eigenvalue weighted by molar-refractivity contribution is -0.385. The monoisotopic (exact) mass is 391 g/mol. The van der Waals surface area contributed by atoms with Crippen LogP contribution in [0.1, 0.15) is 24.0 Å². The van der Waals surface area contributed by atoms with Gasteiger partial charge in [0.25, 0.3) is 5.69 Å². The summed E-state index contributed by atoms with van der Waals surface area (Å²) < 4.78 is 14.1. The summed E-state index contributed by atoms with van der Waals surface area (Å²) in [6.07, 6.45) is 1.88. The Morgan fingerprint density at radius 3 is 2.74 bits per heavy atom. The van der Waals surface area contributed by atoms with Crippen LogP contribution in [0.5, 0.6) is 0 Å². The SMILES string of the molecule is Cc1ccc(NC(=O)CN(Cc2c(F)cccc2Cl)C2CC2)cc1[N+](=O)[O-]. The van der Waals surface area contributed by atoms with Gasteiger partial charge in [0.2, 0.25) is 5.91 Å². The van der Waals surface area contributed by atoms with Crippen molar-refractivity contribution in [3.05, 3.63) is 68.5 Å². The van der Waals surface area contributed by atoms with E-state index in [1.807, 2.05) is 4.90 Å². The summed E-state index contributed by atoms with van der Waals surface area (Å²) in [5.41, 5.74) is 1.19. The van der Waals surface area contributed by atoms with Gasteiger partial charge in [0, 0.05) is 40.5 Å². The maximum absolute atomic E-state index is 14.1. The van der Waals surface area contributed by atoms with Crippen LogP contribution in [0.3, 0.4) is 0 Å². The van der Waals surface area contributed by atoms with Gasteiger partial charge in [-0.25, -0.2) is 4.39 Å². The maximum atomic E-state index is 14.1. The highest BCUT2D eigenvalue weighted by atomic mass is 35.5. The lowest BCUT2D eigenvalue weighted by Gasteiger charge is -2.22. The molecular weight excluding hydrogens is 373 g/mol. The van der Waals surface area contributed by atoms with Crippen molar-refractivity contribution < 1.29 is 14.1 Å². The number of nitrogens with zero attached hydrogens (tertiary/aromatic N) is 2. The van der Waals surface area contributed by atoms with E-state index in [0.717, 1.165) is 12.8 Å². The lowest BCUT2D eigenvalue weighted by Crippen LogP contribution is -2.34. The van der Waals surface area contributed by atoms with E-state index < -0.39 is 10.7 Å². The summed E-state index contributed by atoms with van der Waals surface area (Å²) in [7, 11) is 0. The van der Waals surface area contributed by atoms with E-state index in [-0.39, 0.29) is 30.7 Å². The fraction of sp³-hybridized carbons (Fsp3) is 0.316. The smallest absolute Gasteiger partial charge is 0.274 e. The number of carbonyl (C=O) groups excluding carboxylic acids is 1. The third-order valence-electron chi connectivity index (χ3n) is 4.52. The summed E-state index contributed by atoms with van der Waals surface area (Å²) in [6.45, 7) is 1.92. The van der Waals surface area contributed by atoms with Crippen LogP contribution in [-0.4, -0.2) is 28.3 Å². The topological polar surface area (TPSA) is 75.5 Å². The van der Waals surface area contributed by atoms with Crippen molar-refractivity contribution >= 4 is 28.9 Å². The fourth-order valence-corrected chi connectivity index (χ4v) is 3.13. The predicted octanol–water partition coefficient (Wildman–Crippen LogP) is 4.30. The third-order valence-corrected chi connectivity index (χ3v) is 4.88. The number of nitro benzene ring substituents is 1. The van der Waals surface area contributed by atoms with Gasteiger partial charge in [0.15, 0.2) is 0 Å². The average molecular weight is 392 g/mol. The van der Waals surface area contributed by atoms with Crippen LogP contribution in [0.4, 0.5) is 15.8 Å². The van der Waals surface area contributed by atoms with E-state index in [1.165, 1.54) is 12.1 Å². The summed E-state index contributed by atoms with van der Waals surface area (Å²) >= 11 is 6.10. The molecule has 0 spiro atoms. The number of amides is 1. The first-order valence-corrected chi connectivity index (χ1v) is 8.95. The van der Waals surface area contributed by atoms with E-state index in [1.54, 1.807) is 31.2 Å². The molecule has 0 atom stereocenters. The van der Waals surface area contributed by atoms with E-state index in [4.69, 9.17) is 11.6 Å². The third kappa shape index (κ3) is 4.81. The van der Waals surface area contributed by atoms with Crippen molar-refractivity contribution in [2.45, 2.75) is 32.4 Å². The summed E-state index contributed by atoms with van der Waals surface area (Å²) in [5, 5.41) is 14.0. The molecule has 2 aromatic carbocycles. The molecule has 27 heavy (non-hydrogen) atoms. The molecule has 142 valence electrons. The van der Waals surface area contributed by atoms with Crippen molar-refractivity contribution in [1.82, 2.24) is 4.90 Å². The Morgan fingerprint density at radius 2 is 2.11 bits per heavy atom. The minimum absolute atomic E-state index is 0.0509. The van der Waals surface area contributed by atoms with Crippen LogP contribution < -0.4 is 5.32 Å². The standard InChI is InChI=1S/C19H19ClFN3O3/c1-12-5-6-13(9-18(12)24(26)27)22-19(25)11-23(14-7-8-14)10-15-16(20)3-2-4-17(15)21/h2-6,9,14H,7-8,10-11H2,1H3,(H,22,25). The van der Waals surface area contributed by atoms with Crippen LogP contribution in [0.15, 0.2) is 36.4 Å². The Balaban J connectivity index is 1.69. The number of hydrogen-bond acceptors (Lipinski definition) is 4. The number of benzene rings is 2. The molecule has 0 saturated heterocycles. The predicted molar refractivity (Wildman–Crippen MR) is 101 cm³/mol. The molecule has 1 N–H and O–H groups in total. The fourth-order valence-electron chi connectivity index (χ4n) is 2.91. The molecule has 1 fully saturated rings. The Kier molecular flexibility index (Phi) is 5.72. The molecule has 1 aliphatic rings. The Labute approximate surface area is 161 Å². The van der Waals surface area contributed by atoms with Crippen LogP contribution >= 0.6 is 11.6 Å². The van der Waals surface area contributed by atoms with Crippen LogP contribution in [0.25, 0.3) is 0 Å². The largest absolute Gasteiger partial charge is 0.325 e. The molecule has 0 aliphatic heterocycles. The first-order valence-electron chi connectivity index (χ1n) is 8.57. The molecule has 0 unspecified atom stereocenters. The summed E-state index contributed by atoms with van der Waals surface area (Å²) in [6, 6.07) is 9.26. The Morgan fingerprint density at radius 1 is 1.37 bits per heavy atom. The molecule has 2 aromatic rings. The number of halogens is 2. The van der Waals surface area contributed by atoms with Crippen molar-refractivity contribution in [2.24, 2.45) is 0 Å². The van der Waals surface area contributed by atoms with Gasteiger partial charge in [-0.3, -0.25) is 19.8 Å². The molecule has 1 saturated carbocycles. The van der Waals surface area contributed by atoms with Gasteiger partial charge in [0.1, 0.15) is 5.82 Å². The molecule has 1 aliphatic carbocycles. The molecule has 0 heterocycles. The van der Waals surface area contributed by atoms with Crippen LogP contribution in [0.2, 0.25) is 5.02 Å². The van der Waals surface area contributed by atoms with Crippen molar-refractivity contribution in [3.63, 3.8) is 0 Å². The van der Waals surface area contributed by atoms with E-state index in [9.17, 15) is 19.3 Å². The minimum Gasteiger partial charge on any atom is -0.325 e. The van der Waals surface area contributed by atoms with Gasteiger partial charge in [-0.2, -0.15) is 0 Å². The van der Waals surface area contributed by atoms with E-state index in [2.05, 4.69) is 5.32 Å². The van der Waals surface area contributed by atoms with Gasteiger partial charge in [-0.15, -0.1) is 0 Å². The highest BCUT2D eigenvalue weighted by molar-refractivity contribution is 6.31. The molecular formula is C19H19ClFN3O3. The van der Waals surface area contributed by atoms with Gasteiger partial charge >= 0.3 is 0 Å². The molecule has 1 amide bonds. The number of anilines is 1. The quantitative estimate of drug-likeness (QED) is 0.564. The molecule has 6 nitrogen and oxygen atoms in total. The highest BCUT2D eigenvalue weighted by Crippen LogP contribution is 2.30. The zero-order valence-corrected chi connectivity index (χ0v) is 15.5. The number of carbonyl (C=O) groups is 1. The van der Waals surface area contributed by atoms with Gasteiger partial charge in [-0.1, -0.05) is 23.7 Å². The van der Waals surface area contributed by atoms with Crippen molar-refractivity contribution in [3.8, 4) is 0 Å². The van der Waals surface area contributed by atoms with Crippen molar-refractivity contribution in [1.29, 1.82) is 0 Å². The first-order chi connectivity index (χ1) is 12.8. The van der Waals surface area contributed by atoms with Crippen LogP contribution in [0, 0.1) is 22.9 Å². The summed E-state index contributed by atoms with van der Waals surface area (Å²) in [5.74, 6) is -0.713. The first kappa shape index (κ1) is 19.3. The lowest BCUT2D eigenvalue weighted by atomic mass is 10.2. The normalized spacial score (nSPS) is 13.6. The number of nitro groups is 1. The van der Waals surface area contributed by atoms with Crippen molar-refractivity contribution in [2.75, 3.05) is 11.9 Å². The zero-order chi connectivity index (χ0) is 19.6. The Hall–Kier alpha value is -2.51. The number of hydrogen-bond donors (Lipinski definition) is 1. The molecule has 0 radical (unpaired) electrons. The van der Waals surface area contributed by atoms with Gasteiger partial charge < -0.3 is 5.32 Å². The van der Waals surface area contributed by atoms with E-state index >= 15 is 0 Å². The molecule has 0 bridgehead atoms. The molecule has 3 rings (SSSR count). The number of rotatable bonds is 7. The summed E-state index contributed by atoms with van der Waals surface area (Å²) in [4.78, 5) is 24.9. The molecule has 0 aromatic heterocycles. The second kappa shape index (κ2) is 8.02. The minimum atomic E-state index is -0.484. The number of aryl methyl sites for hydroxylation is 1. The maximum Gasteiger partial charge on any atom is 0.274 e. The zero-order valence-electron chi connectivity index (χ0n) is 14.7. The molecule has 8 heteroatoms. The second-order valence-corrected chi connectivity index (χ2v) is 7.05. The average Bonchev–Trinajstić information content (AvgIpc) is 3.43. The highest BCUT2D eigenvalue weighted by Gasteiger charge is 2.31. The number of nitrogens with one attached hydrogen (secondary N) is 1.